The van der Waals surface area contributed by atoms with E-state index in [0.29, 0.717) is 54.3 Å². The number of hydrogen-bond donors (Lipinski definition) is 0. The van der Waals surface area contributed by atoms with Crippen LogP contribution in [0.3, 0.4) is 0 Å². The minimum absolute atomic E-state index is 0.0455. The number of anilines is 1. The van der Waals surface area contributed by atoms with Gasteiger partial charge in [-0.05, 0) is 49.1 Å². The van der Waals surface area contributed by atoms with Crippen molar-refractivity contribution in [3.8, 4) is 11.3 Å². The van der Waals surface area contributed by atoms with Crippen LogP contribution in [0.1, 0.15) is 23.2 Å². The van der Waals surface area contributed by atoms with Gasteiger partial charge in [-0.2, -0.15) is 0 Å². The van der Waals surface area contributed by atoms with E-state index in [2.05, 4.69) is 15.1 Å². The van der Waals surface area contributed by atoms with E-state index < -0.39 is 0 Å². The lowest BCUT2D eigenvalue weighted by atomic mass is 10.1. The maximum Gasteiger partial charge on any atom is 0.255 e. The highest BCUT2D eigenvalue weighted by atomic mass is 35.5. The number of carbonyl (C=O) groups is 2. The van der Waals surface area contributed by atoms with Crippen molar-refractivity contribution in [3.63, 3.8) is 0 Å². The molecule has 2 aliphatic rings. The summed E-state index contributed by atoms with van der Waals surface area (Å²) in [4.78, 5) is 31.9. The summed E-state index contributed by atoms with van der Waals surface area (Å²) in [6.45, 7) is 3.06. The highest BCUT2D eigenvalue weighted by Crippen LogP contribution is 2.31. The molecule has 9 heteroatoms. The Balaban J connectivity index is 1.19. The number of halogens is 2. The quantitative estimate of drug-likeness (QED) is 0.450. The Labute approximate surface area is 220 Å². The minimum Gasteiger partial charge on any atom is -0.352 e. The monoisotopic (exact) mass is 523 g/mol. The van der Waals surface area contributed by atoms with Gasteiger partial charge in [0.2, 0.25) is 5.91 Å². The first-order valence-electron chi connectivity index (χ1n) is 12.1. The van der Waals surface area contributed by atoms with E-state index in [1.807, 2.05) is 41.3 Å². The van der Waals surface area contributed by atoms with Gasteiger partial charge in [0.25, 0.3) is 5.91 Å². The zero-order valence-electron chi connectivity index (χ0n) is 19.8. The van der Waals surface area contributed by atoms with Crippen LogP contribution in [0.25, 0.3) is 11.3 Å². The van der Waals surface area contributed by atoms with Crippen LogP contribution in [0.5, 0.6) is 0 Å². The molecule has 0 unspecified atom stereocenters. The maximum absolute atomic E-state index is 13.2. The van der Waals surface area contributed by atoms with Crippen LogP contribution in [0.4, 0.5) is 5.82 Å². The van der Waals surface area contributed by atoms with Crippen molar-refractivity contribution < 1.29 is 9.59 Å². The van der Waals surface area contributed by atoms with Gasteiger partial charge in [0.1, 0.15) is 6.54 Å². The van der Waals surface area contributed by atoms with Crippen LogP contribution in [0.15, 0.2) is 60.7 Å². The molecule has 0 spiro atoms. The fourth-order valence-electron chi connectivity index (χ4n) is 4.39. The molecule has 5 rings (SSSR count). The third-order valence-electron chi connectivity index (χ3n) is 6.65. The Morgan fingerprint density at radius 2 is 1.56 bits per heavy atom. The number of hydrogen-bond acceptors (Lipinski definition) is 5. The molecule has 1 saturated carbocycles. The van der Waals surface area contributed by atoms with Gasteiger partial charge in [-0.25, -0.2) is 0 Å². The highest BCUT2D eigenvalue weighted by Gasteiger charge is 2.31. The van der Waals surface area contributed by atoms with Crippen LogP contribution in [0, 0.1) is 5.92 Å². The number of carbonyl (C=O) groups excluding carboxylic acids is 2. The number of benzene rings is 2. The van der Waals surface area contributed by atoms with Crippen molar-refractivity contribution in [1.82, 2.24) is 20.0 Å². The molecule has 186 valence electrons. The van der Waals surface area contributed by atoms with Crippen molar-refractivity contribution in [2.45, 2.75) is 12.8 Å². The van der Waals surface area contributed by atoms with Crippen molar-refractivity contribution in [2.24, 2.45) is 5.92 Å². The molecular formula is C27H27Cl2N5O2. The van der Waals surface area contributed by atoms with Gasteiger partial charge >= 0.3 is 0 Å². The van der Waals surface area contributed by atoms with Gasteiger partial charge in [0, 0.05) is 38.3 Å². The molecule has 1 aliphatic carbocycles. The predicted molar refractivity (Wildman–Crippen MR) is 141 cm³/mol. The minimum atomic E-state index is -0.187. The van der Waals surface area contributed by atoms with Crippen molar-refractivity contribution in [1.29, 1.82) is 0 Å². The van der Waals surface area contributed by atoms with E-state index in [-0.39, 0.29) is 18.4 Å². The summed E-state index contributed by atoms with van der Waals surface area (Å²) in [5, 5.41) is 9.79. The third-order valence-corrected chi connectivity index (χ3v) is 7.31. The molecule has 2 aromatic carbocycles. The fourth-order valence-corrected chi connectivity index (χ4v) is 4.84. The Bertz CT molecular complexity index is 1240. The number of amides is 2. The number of piperazine rings is 1. The molecule has 3 aromatic rings. The van der Waals surface area contributed by atoms with E-state index in [1.54, 1.807) is 29.2 Å². The summed E-state index contributed by atoms with van der Waals surface area (Å²) in [6.07, 6.45) is 2.19. The standard InChI is InChI=1S/C27H27Cl2N5O2/c28-22-7-3-1-5-20(22)24-11-12-25(31-30-24)32-13-15-33(16-14-32)26(35)18-34(17-19-9-10-19)27(36)21-6-2-4-8-23(21)29/h1-8,11-12,19H,9-10,13-18H2. The Morgan fingerprint density at radius 3 is 2.19 bits per heavy atom. The zero-order valence-corrected chi connectivity index (χ0v) is 21.3. The van der Waals surface area contributed by atoms with Gasteiger partial charge in [-0.1, -0.05) is 53.5 Å². The Hall–Kier alpha value is -3.16. The summed E-state index contributed by atoms with van der Waals surface area (Å²) >= 11 is 12.5. The van der Waals surface area contributed by atoms with Gasteiger partial charge < -0.3 is 14.7 Å². The molecule has 2 heterocycles. The molecule has 0 N–H and O–H groups in total. The van der Waals surface area contributed by atoms with E-state index in [0.717, 1.165) is 29.9 Å². The number of rotatable bonds is 7. The predicted octanol–water partition coefficient (Wildman–Crippen LogP) is 4.65. The van der Waals surface area contributed by atoms with E-state index >= 15 is 0 Å². The van der Waals surface area contributed by atoms with Crippen LogP contribution in [-0.2, 0) is 4.79 Å². The molecule has 1 aromatic heterocycles. The Kier molecular flexibility index (Phi) is 7.39. The molecule has 2 fully saturated rings. The molecule has 0 bridgehead atoms. The lowest BCUT2D eigenvalue weighted by Gasteiger charge is -2.36. The van der Waals surface area contributed by atoms with Crippen LogP contribution in [-0.4, -0.2) is 71.1 Å². The lowest BCUT2D eigenvalue weighted by Crippen LogP contribution is -2.52. The van der Waals surface area contributed by atoms with Crippen molar-refractivity contribution >= 4 is 40.8 Å². The molecule has 1 saturated heterocycles. The molecule has 1 aliphatic heterocycles. The summed E-state index contributed by atoms with van der Waals surface area (Å²) in [5.74, 6) is 1.000. The van der Waals surface area contributed by atoms with Crippen LogP contribution in [0.2, 0.25) is 10.0 Å². The Morgan fingerprint density at radius 1 is 0.861 bits per heavy atom. The van der Waals surface area contributed by atoms with E-state index in [4.69, 9.17) is 23.2 Å². The van der Waals surface area contributed by atoms with E-state index in [9.17, 15) is 9.59 Å². The summed E-state index contributed by atoms with van der Waals surface area (Å²) in [7, 11) is 0. The SMILES string of the molecule is O=C(CN(CC1CC1)C(=O)c1ccccc1Cl)N1CCN(c2ccc(-c3ccccc3Cl)nn2)CC1. The molecule has 2 amide bonds. The second kappa shape index (κ2) is 10.8. The first-order chi connectivity index (χ1) is 17.5. The van der Waals surface area contributed by atoms with Gasteiger partial charge in [-0.15, -0.1) is 10.2 Å². The molecule has 0 radical (unpaired) electrons. The van der Waals surface area contributed by atoms with Crippen LogP contribution < -0.4 is 4.90 Å². The number of aromatic nitrogens is 2. The second-order valence-electron chi connectivity index (χ2n) is 9.23. The van der Waals surface area contributed by atoms with Gasteiger partial charge in [-0.3, -0.25) is 9.59 Å². The van der Waals surface area contributed by atoms with E-state index in [1.165, 1.54) is 0 Å². The smallest absolute Gasteiger partial charge is 0.255 e. The van der Waals surface area contributed by atoms with Crippen molar-refractivity contribution in [2.75, 3.05) is 44.2 Å². The average Bonchev–Trinajstić information content (AvgIpc) is 3.73. The third kappa shape index (κ3) is 5.63. The average molecular weight is 524 g/mol. The molecular weight excluding hydrogens is 497 g/mol. The zero-order chi connectivity index (χ0) is 25.1. The second-order valence-corrected chi connectivity index (χ2v) is 10.0. The maximum atomic E-state index is 13.2. The summed E-state index contributed by atoms with van der Waals surface area (Å²) < 4.78 is 0. The lowest BCUT2D eigenvalue weighted by molar-refractivity contribution is -0.132. The molecule has 7 nitrogen and oxygen atoms in total. The number of nitrogens with zero attached hydrogens (tertiary/aromatic N) is 5. The highest BCUT2D eigenvalue weighted by molar-refractivity contribution is 6.34. The molecule has 0 atom stereocenters. The molecule has 36 heavy (non-hydrogen) atoms. The first-order valence-corrected chi connectivity index (χ1v) is 12.9. The van der Waals surface area contributed by atoms with Crippen LogP contribution >= 0.6 is 23.2 Å². The van der Waals surface area contributed by atoms with Gasteiger partial charge in [0.05, 0.1) is 21.3 Å². The largest absolute Gasteiger partial charge is 0.352 e. The summed E-state index contributed by atoms with van der Waals surface area (Å²) in [5.41, 5.74) is 2.00. The topological polar surface area (TPSA) is 69.6 Å². The van der Waals surface area contributed by atoms with Gasteiger partial charge in [0.15, 0.2) is 5.82 Å². The van der Waals surface area contributed by atoms with Crippen molar-refractivity contribution in [3.05, 3.63) is 76.3 Å². The first kappa shape index (κ1) is 24.5. The fraction of sp³-hybridized carbons (Fsp3) is 0.333. The summed E-state index contributed by atoms with van der Waals surface area (Å²) in [6, 6.07) is 18.4. The normalized spacial score (nSPS) is 15.6.